The molecule has 21 heavy (non-hydrogen) atoms. The van der Waals surface area contributed by atoms with Crippen LogP contribution in [0.15, 0.2) is 30.0 Å². The van der Waals surface area contributed by atoms with Crippen molar-refractivity contribution in [3.63, 3.8) is 0 Å². The Kier molecular flexibility index (Phi) is 5.07. The molecule has 1 aromatic carbocycles. The van der Waals surface area contributed by atoms with Crippen molar-refractivity contribution >= 4 is 28.9 Å². The van der Waals surface area contributed by atoms with Crippen molar-refractivity contribution in [1.29, 1.82) is 5.26 Å². The minimum atomic E-state index is -0.358. The molecular weight excluding hydrogens is 288 g/mol. The molecule has 5 nitrogen and oxygen atoms in total. The van der Waals surface area contributed by atoms with E-state index in [0.29, 0.717) is 16.4 Å². The smallest absolute Gasteiger partial charge is 0.263 e. The number of nitrogen functional groups attached to an aromatic ring is 1. The molecule has 0 unspecified atom stereocenters. The quantitative estimate of drug-likeness (QED) is 0.453. The summed E-state index contributed by atoms with van der Waals surface area (Å²) in [6.07, 6.45) is 5.55. The second kappa shape index (κ2) is 7.00. The molecule has 1 fully saturated rings. The average Bonchev–Trinajstić information content (AvgIpc) is 2.94. The monoisotopic (exact) mass is 304 g/mol. The lowest BCUT2D eigenvalue weighted by Gasteiger charge is -2.11. The molecular formula is C15H17ClN4O. The Morgan fingerprint density at radius 1 is 1.43 bits per heavy atom. The third-order valence-electron chi connectivity index (χ3n) is 3.42. The Hall–Kier alpha value is -2.19. The van der Waals surface area contributed by atoms with E-state index in [1.54, 1.807) is 18.2 Å². The van der Waals surface area contributed by atoms with Crippen molar-refractivity contribution in [3.05, 3.63) is 35.0 Å². The van der Waals surface area contributed by atoms with E-state index in [4.69, 9.17) is 22.6 Å². The van der Waals surface area contributed by atoms with Gasteiger partial charge in [-0.15, -0.1) is 0 Å². The van der Waals surface area contributed by atoms with Crippen LogP contribution in [0.25, 0.3) is 0 Å². The number of nitrogens with two attached hydrogens (primary N) is 1. The van der Waals surface area contributed by atoms with E-state index >= 15 is 0 Å². The first kappa shape index (κ1) is 15.2. The number of hydrogen-bond donors (Lipinski definition) is 3. The molecule has 0 aromatic heterocycles. The third kappa shape index (κ3) is 4.14. The predicted molar refractivity (Wildman–Crippen MR) is 83.6 cm³/mol. The van der Waals surface area contributed by atoms with Gasteiger partial charge in [-0.3, -0.25) is 4.79 Å². The number of rotatable bonds is 4. The maximum Gasteiger partial charge on any atom is 0.263 e. The molecule has 1 aromatic rings. The number of benzene rings is 1. The van der Waals surface area contributed by atoms with Crippen LogP contribution in [-0.2, 0) is 4.79 Å². The molecule has 1 aliphatic rings. The zero-order valence-electron chi connectivity index (χ0n) is 11.5. The normalized spacial score (nSPS) is 15.5. The second-order valence-electron chi connectivity index (χ2n) is 5.01. The summed E-state index contributed by atoms with van der Waals surface area (Å²) in [6, 6.07) is 7.05. The van der Waals surface area contributed by atoms with Gasteiger partial charge in [-0.2, -0.15) is 5.26 Å². The van der Waals surface area contributed by atoms with Crippen LogP contribution in [0, 0.1) is 11.3 Å². The first-order chi connectivity index (χ1) is 10.1. The number of halogens is 1. The molecule has 2 rings (SSSR count). The summed E-state index contributed by atoms with van der Waals surface area (Å²) in [6.45, 7) is 0. The minimum Gasteiger partial charge on any atom is -0.399 e. The van der Waals surface area contributed by atoms with E-state index < -0.39 is 0 Å². The summed E-state index contributed by atoms with van der Waals surface area (Å²) in [5.41, 5.74) is 6.77. The highest BCUT2D eigenvalue weighted by atomic mass is 35.5. The van der Waals surface area contributed by atoms with Gasteiger partial charge < -0.3 is 16.4 Å². The highest BCUT2D eigenvalue weighted by molar-refractivity contribution is 6.33. The lowest BCUT2D eigenvalue weighted by molar-refractivity contribution is -0.117. The van der Waals surface area contributed by atoms with Gasteiger partial charge >= 0.3 is 0 Å². The molecule has 110 valence electrons. The van der Waals surface area contributed by atoms with Crippen molar-refractivity contribution in [1.82, 2.24) is 5.32 Å². The van der Waals surface area contributed by atoms with Gasteiger partial charge in [0.05, 0.1) is 10.7 Å². The number of nitriles is 1. The maximum atomic E-state index is 12.0. The number of nitrogens with one attached hydrogen (secondary N) is 2. The number of hydrogen-bond acceptors (Lipinski definition) is 4. The highest BCUT2D eigenvalue weighted by Gasteiger charge is 2.19. The van der Waals surface area contributed by atoms with Crippen molar-refractivity contribution in [2.75, 3.05) is 11.1 Å². The van der Waals surface area contributed by atoms with Gasteiger partial charge in [0.15, 0.2) is 0 Å². The van der Waals surface area contributed by atoms with Crippen LogP contribution in [0.2, 0.25) is 5.02 Å². The van der Waals surface area contributed by atoms with Gasteiger partial charge in [0.1, 0.15) is 11.6 Å². The van der Waals surface area contributed by atoms with Gasteiger partial charge in [0, 0.05) is 17.9 Å². The zero-order valence-corrected chi connectivity index (χ0v) is 12.3. The molecule has 0 radical (unpaired) electrons. The van der Waals surface area contributed by atoms with E-state index in [1.807, 2.05) is 6.07 Å². The van der Waals surface area contributed by atoms with Crippen LogP contribution in [0.1, 0.15) is 25.7 Å². The molecule has 1 amide bonds. The summed E-state index contributed by atoms with van der Waals surface area (Å²) in [5, 5.41) is 15.3. The molecule has 0 aliphatic heterocycles. The SMILES string of the molecule is N#C/C(=C/Nc1ccc(N)cc1Cl)C(=O)NC1CCCC1. The third-order valence-corrected chi connectivity index (χ3v) is 3.73. The van der Waals surface area contributed by atoms with E-state index in [0.717, 1.165) is 25.7 Å². The Bertz CT molecular complexity index is 600. The van der Waals surface area contributed by atoms with Crippen LogP contribution < -0.4 is 16.4 Å². The average molecular weight is 305 g/mol. The Balaban J connectivity index is 2.02. The van der Waals surface area contributed by atoms with Gasteiger partial charge in [0.2, 0.25) is 0 Å². The van der Waals surface area contributed by atoms with Crippen molar-refractivity contribution in [3.8, 4) is 6.07 Å². The first-order valence-corrected chi connectivity index (χ1v) is 7.20. The van der Waals surface area contributed by atoms with Crippen molar-refractivity contribution < 1.29 is 4.79 Å². The summed E-state index contributed by atoms with van der Waals surface area (Å²) < 4.78 is 0. The number of anilines is 2. The number of amides is 1. The number of carbonyl (C=O) groups excluding carboxylic acids is 1. The standard InChI is InChI=1S/C15H17ClN4O/c16-13-7-11(18)5-6-14(13)19-9-10(8-17)15(21)20-12-3-1-2-4-12/h5-7,9,12,19H,1-4,18H2,(H,20,21)/b10-9-. The number of carbonyl (C=O) groups is 1. The predicted octanol–water partition coefficient (Wildman–Crippen LogP) is 2.80. The maximum absolute atomic E-state index is 12.0. The molecule has 0 saturated heterocycles. The van der Waals surface area contributed by atoms with Crippen molar-refractivity contribution in [2.24, 2.45) is 0 Å². The molecule has 0 heterocycles. The summed E-state index contributed by atoms with van der Waals surface area (Å²) >= 11 is 6.02. The minimum absolute atomic E-state index is 0.0230. The Morgan fingerprint density at radius 3 is 2.76 bits per heavy atom. The topological polar surface area (TPSA) is 90.9 Å². The van der Waals surface area contributed by atoms with Crippen LogP contribution in [0.3, 0.4) is 0 Å². The summed E-state index contributed by atoms with van der Waals surface area (Å²) in [4.78, 5) is 12.0. The first-order valence-electron chi connectivity index (χ1n) is 6.83. The lowest BCUT2D eigenvalue weighted by Crippen LogP contribution is -2.33. The molecule has 4 N–H and O–H groups in total. The molecule has 6 heteroatoms. The Labute approximate surface area is 128 Å². The van der Waals surface area contributed by atoms with Crippen molar-refractivity contribution in [2.45, 2.75) is 31.7 Å². The van der Waals surface area contributed by atoms with Gasteiger partial charge in [-0.25, -0.2) is 0 Å². The van der Waals surface area contributed by atoms with E-state index in [-0.39, 0.29) is 17.5 Å². The lowest BCUT2D eigenvalue weighted by atomic mass is 10.2. The van der Waals surface area contributed by atoms with E-state index in [1.165, 1.54) is 6.20 Å². The molecule has 1 aliphatic carbocycles. The van der Waals surface area contributed by atoms with Crippen LogP contribution in [-0.4, -0.2) is 11.9 Å². The van der Waals surface area contributed by atoms with E-state index in [9.17, 15) is 4.79 Å². The number of nitrogens with zero attached hydrogens (tertiary/aromatic N) is 1. The molecule has 0 atom stereocenters. The van der Waals surface area contributed by atoms with E-state index in [2.05, 4.69) is 10.6 Å². The fourth-order valence-corrected chi connectivity index (χ4v) is 2.52. The fourth-order valence-electron chi connectivity index (χ4n) is 2.28. The molecule has 0 spiro atoms. The largest absolute Gasteiger partial charge is 0.399 e. The van der Waals surface area contributed by atoms with Gasteiger partial charge in [0.25, 0.3) is 5.91 Å². The Morgan fingerprint density at radius 2 is 2.14 bits per heavy atom. The fraction of sp³-hybridized carbons (Fsp3) is 0.333. The van der Waals surface area contributed by atoms with Gasteiger partial charge in [-0.05, 0) is 31.0 Å². The zero-order chi connectivity index (χ0) is 15.2. The highest BCUT2D eigenvalue weighted by Crippen LogP contribution is 2.24. The second-order valence-corrected chi connectivity index (χ2v) is 5.42. The van der Waals surface area contributed by atoms with Crippen LogP contribution >= 0.6 is 11.6 Å². The summed E-state index contributed by atoms with van der Waals surface area (Å²) in [7, 11) is 0. The summed E-state index contributed by atoms with van der Waals surface area (Å²) in [5.74, 6) is -0.358. The van der Waals surface area contributed by atoms with Crippen LogP contribution in [0.5, 0.6) is 0 Å². The molecule has 0 bridgehead atoms. The van der Waals surface area contributed by atoms with Crippen LogP contribution in [0.4, 0.5) is 11.4 Å². The van der Waals surface area contributed by atoms with Gasteiger partial charge in [-0.1, -0.05) is 24.4 Å². The molecule has 1 saturated carbocycles.